The quantitative estimate of drug-likeness (QED) is 0.210. The first-order valence-electron chi connectivity index (χ1n) is 12.9. The number of rotatable bonds is 7. The summed E-state index contributed by atoms with van der Waals surface area (Å²) >= 11 is 1.55. The minimum Gasteiger partial charge on any atom is -0.399 e. The zero-order chi connectivity index (χ0) is 28.7. The third-order valence-electron chi connectivity index (χ3n) is 7.26. The van der Waals surface area contributed by atoms with Crippen molar-refractivity contribution in [3.05, 3.63) is 77.9 Å². The van der Waals surface area contributed by atoms with E-state index in [9.17, 15) is 10.2 Å². The average molecular weight is 570 g/mol. The Morgan fingerprint density at radius 2 is 1.76 bits per heavy atom. The number of nitrogens with two attached hydrogens (primary N) is 2. The third kappa shape index (κ3) is 4.89. The van der Waals surface area contributed by atoms with Crippen molar-refractivity contribution in [3.8, 4) is 28.5 Å². The second-order valence-corrected chi connectivity index (χ2v) is 10.9. The van der Waals surface area contributed by atoms with Gasteiger partial charge in [-0.2, -0.15) is 17.0 Å². The van der Waals surface area contributed by atoms with Gasteiger partial charge in [0, 0.05) is 40.1 Å². The van der Waals surface area contributed by atoms with Crippen molar-refractivity contribution in [1.82, 2.24) is 19.7 Å². The summed E-state index contributed by atoms with van der Waals surface area (Å²) in [6, 6.07) is 16.6. The van der Waals surface area contributed by atoms with Crippen LogP contribution in [-0.4, -0.2) is 54.0 Å². The topological polar surface area (TPSA) is 182 Å². The number of ether oxygens (including phenoxy) is 1. The van der Waals surface area contributed by atoms with Crippen LogP contribution in [-0.2, 0) is 10.5 Å². The molecule has 41 heavy (non-hydrogen) atoms. The molecule has 4 atom stereocenters. The van der Waals surface area contributed by atoms with Crippen molar-refractivity contribution in [3.63, 3.8) is 0 Å². The van der Waals surface area contributed by atoms with Gasteiger partial charge in [0.05, 0.1) is 28.8 Å². The van der Waals surface area contributed by atoms with Crippen molar-refractivity contribution >= 4 is 34.3 Å². The fraction of sp³-hybridized carbons (Fsp3) is 0.241. The maximum Gasteiger partial charge on any atom is 0.171 e. The van der Waals surface area contributed by atoms with Crippen LogP contribution >= 0.6 is 11.8 Å². The summed E-state index contributed by atoms with van der Waals surface area (Å²) < 4.78 is 13.5. The van der Waals surface area contributed by atoms with Gasteiger partial charge in [-0.15, -0.1) is 0 Å². The van der Waals surface area contributed by atoms with Gasteiger partial charge in [0.2, 0.25) is 0 Å². The van der Waals surface area contributed by atoms with Gasteiger partial charge in [-0.05, 0) is 48.9 Å². The minimum atomic E-state index is -1.20. The zero-order valence-corrected chi connectivity index (χ0v) is 22.8. The van der Waals surface area contributed by atoms with Gasteiger partial charge in [-0.3, -0.25) is 0 Å². The molecule has 1 saturated heterocycles. The number of aliphatic hydroxyl groups excluding tert-OH is 2. The van der Waals surface area contributed by atoms with E-state index in [1.807, 2.05) is 43.3 Å². The van der Waals surface area contributed by atoms with E-state index in [-0.39, 0.29) is 5.82 Å². The normalized spacial score (nSPS) is 20.4. The molecule has 0 unspecified atom stereocenters. The molecule has 2 aromatic carbocycles. The summed E-state index contributed by atoms with van der Waals surface area (Å²) in [5.74, 6) is 1.93. The molecule has 5 aromatic rings. The van der Waals surface area contributed by atoms with E-state index in [0.717, 1.165) is 27.9 Å². The molecule has 0 aliphatic carbocycles. The number of hydrogen-bond donors (Lipinski definition) is 4. The van der Waals surface area contributed by atoms with Gasteiger partial charge in [-0.1, -0.05) is 17.3 Å². The van der Waals surface area contributed by atoms with Gasteiger partial charge in [0.1, 0.15) is 30.0 Å². The van der Waals surface area contributed by atoms with Gasteiger partial charge in [0.25, 0.3) is 0 Å². The van der Waals surface area contributed by atoms with E-state index in [2.05, 4.69) is 21.2 Å². The molecule has 208 valence electrons. The first-order valence-corrected chi connectivity index (χ1v) is 14.0. The molecule has 4 heterocycles. The number of thioether (sulfide) groups is 1. The fourth-order valence-electron chi connectivity index (χ4n) is 5.04. The average Bonchev–Trinajstić information content (AvgIpc) is 3.64. The number of nitrogens with zero attached hydrogens (tertiary/aromatic N) is 5. The number of nitrogen functional groups attached to an aromatic ring is 2. The summed E-state index contributed by atoms with van der Waals surface area (Å²) in [5.41, 5.74) is 17.9. The molecule has 0 amide bonds. The summed E-state index contributed by atoms with van der Waals surface area (Å²) in [5, 5.41) is 35.9. The van der Waals surface area contributed by atoms with Gasteiger partial charge in [0.15, 0.2) is 12.0 Å². The van der Waals surface area contributed by atoms with Gasteiger partial charge >= 0.3 is 0 Å². The second-order valence-electron chi connectivity index (χ2n) is 9.86. The number of hydrogen-bond acceptors (Lipinski definition) is 11. The lowest BCUT2D eigenvalue weighted by atomic mass is 10.0. The minimum absolute atomic E-state index is 0.272. The van der Waals surface area contributed by atoms with Crippen LogP contribution < -0.4 is 11.5 Å². The predicted molar refractivity (Wildman–Crippen MR) is 155 cm³/mol. The standard InChI is InChI=1S/C29H27N7O4S/c1-15-21(26(40-35-15)18-6-8-19(31)9-7-18)12-41-13-22-24(37)25(38)29(39-22)36-11-20(17-4-2-16(10-30)3-5-17)23-27(32)33-14-34-28(23)36/h2-9,11,14,22,24-25,29,37-38H,12-13,31H2,1H3,(H2,32,33,34)/t22-,24-,25-,29-/m1/s1. The van der Waals surface area contributed by atoms with Crippen LogP contribution in [0.2, 0.25) is 0 Å². The SMILES string of the molecule is Cc1noc(-c2ccc(N)cc2)c1CSC[C@H]1O[C@@H](n2cc(-c3ccc(C#N)cc3)c3c(N)ncnc32)[C@H](O)[C@@H]1O. The van der Waals surface area contributed by atoms with E-state index >= 15 is 0 Å². The number of anilines is 2. The Kier molecular flexibility index (Phi) is 7.10. The Balaban J connectivity index is 1.23. The molecule has 6 rings (SSSR count). The van der Waals surface area contributed by atoms with E-state index in [4.69, 9.17) is 26.0 Å². The Morgan fingerprint density at radius 3 is 2.49 bits per heavy atom. The number of benzene rings is 2. The smallest absolute Gasteiger partial charge is 0.171 e. The maximum absolute atomic E-state index is 11.0. The highest BCUT2D eigenvalue weighted by atomic mass is 32.2. The summed E-state index contributed by atoms with van der Waals surface area (Å²) in [7, 11) is 0. The lowest BCUT2D eigenvalue weighted by Crippen LogP contribution is -2.32. The number of aromatic nitrogens is 4. The molecule has 6 N–H and O–H groups in total. The van der Waals surface area contributed by atoms with Crippen molar-refractivity contribution in [2.24, 2.45) is 0 Å². The lowest BCUT2D eigenvalue weighted by Gasteiger charge is -2.17. The van der Waals surface area contributed by atoms with Crippen molar-refractivity contribution < 1.29 is 19.5 Å². The van der Waals surface area contributed by atoms with Gasteiger partial charge in [-0.25, -0.2) is 9.97 Å². The van der Waals surface area contributed by atoms with E-state index < -0.39 is 24.5 Å². The molecule has 11 nitrogen and oxygen atoms in total. The highest BCUT2D eigenvalue weighted by molar-refractivity contribution is 7.98. The monoisotopic (exact) mass is 569 g/mol. The highest BCUT2D eigenvalue weighted by Crippen LogP contribution is 2.39. The van der Waals surface area contributed by atoms with Crippen molar-refractivity contribution in [2.45, 2.75) is 37.2 Å². The highest BCUT2D eigenvalue weighted by Gasteiger charge is 2.44. The summed E-state index contributed by atoms with van der Waals surface area (Å²) in [6.45, 7) is 1.89. The molecule has 12 heteroatoms. The molecule has 1 aliphatic heterocycles. The van der Waals surface area contributed by atoms with Crippen LogP contribution in [0.5, 0.6) is 0 Å². The van der Waals surface area contributed by atoms with Crippen molar-refractivity contribution in [1.29, 1.82) is 5.26 Å². The molecule has 3 aromatic heterocycles. The Bertz CT molecular complexity index is 1740. The predicted octanol–water partition coefficient (Wildman–Crippen LogP) is 3.65. The Labute approximate surface area is 239 Å². The fourth-order valence-corrected chi connectivity index (χ4v) is 6.21. The van der Waals surface area contributed by atoms with E-state index in [1.54, 1.807) is 34.7 Å². The largest absolute Gasteiger partial charge is 0.399 e. The molecule has 0 bridgehead atoms. The zero-order valence-electron chi connectivity index (χ0n) is 22.0. The molecular weight excluding hydrogens is 542 g/mol. The first kappa shape index (κ1) is 26.8. The van der Waals surface area contributed by atoms with Crippen LogP contribution in [0.15, 0.2) is 65.6 Å². The molecule has 0 radical (unpaired) electrons. The number of nitriles is 1. The van der Waals surface area contributed by atoms with Crippen LogP contribution in [0.4, 0.5) is 11.5 Å². The second kappa shape index (κ2) is 10.9. The Hall–Kier alpha value is -4.41. The summed E-state index contributed by atoms with van der Waals surface area (Å²) in [6.07, 6.45) is -0.738. The third-order valence-corrected chi connectivity index (χ3v) is 8.32. The first-order chi connectivity index (χ1) is 19.9. The van der Waals surface area contributed by atoms with Crippen LogP contribution in [0, 0.1) is 18.3 Å². The summed E-state index contributed by atoms with van der Waals surface area (Å²) in [4.78, 5) is 8.56. The molecule has 1 fully saturated rings. The van der Waals surface area contributed by atoms with E-state index in [1.165, 1.54) is 6.33 Å². The number of fused-ring (bicyclic) bond motifs is 1. The number of aliphatic hydroxyl groups is 2. The van der Waals surface area contributed by atoms with Crippen LogP contribution in [0.1, 0.15) is 23.0 Å². The maximum atomic E-state index is 11.0. The molecular formula is C29H27N7O4S. The molecule has 0 saturated carbocycles. The lowest BCUT2D eigenvalue weighted by molar-refractivity contribution is -0.0285. The van der Waals surface area contributed by atoms with Crippen LogP contribution in [0.25, 0.3) is 33.5 Å². The molecule has 0 spiro atoms. The van der Waals surface area contributed by atoms with E-state index in [0.29, 0.717) is 39.6 Å². The van der Waals surface area contributed by atoms with Crippen LogP contribution in [0.3, 0.4) is 0 Å². The van der Waals surface area contributed by atoms with Gasteiger partial charge < -0.3 is 35.5 Å². The Morgan fingerprint density at radius 1 is 1.02 bits per heavy atom. The molecule has 1 aliphatic rings. The number of aryl methyl sites for hydroxylation is 1. The van der Waals surface area contributed by atoms with Crippen molar-refractivity contribution in [2.75, 3.05) is 17.2 Å².